The second kappa shape index (κ2) is 8.32. The molecule has 10 heteroatoms. The highest BCUT2D eigenvalue weighted by Crippen LogP contribution is 2.21. The lowest BCUT2D eigenvalue weighted by Gasteiger charge is -2.08. The van der Waals surface area contributed by atoms with E-state index in [4.69, 9.17) is 23.1 Å². The molecule has 0 bridgehead atoms. The molecule has 1 amide bonds. The average molecular weight is 468 g/mol. The molecule has 8 nitrogen and oxygen atoms in total. The van der Waals surface area contributed by atoms with Crippen LogP contribution in [0.5, 0.6) is 0 Å². The van der Waals surface area contributed by atoms with Crippen LogP contribution in [0.4, 0.5) is 11.6 Å². The number of hydrogen-bond donors (Lipinski definition) is 3. The van der Waals surface area contributed by atoms with E-state index in [0.29, 0.717) is 6.54 Å². The number of benzene rings is 1. The van der Waals surface area contributed by atoms with E-state index < -0.39 is 5.91 Å². The molecule has 0 fully saturated rings. The maximum absolute atomic E-state index is 12.6. The fourth-order valence-corrected chi connectivity index (χ4v) is 3.71. The van der Waals surface area contributed by atoms with E-state index in [1.807, 2.05) is 6.07 Å². The van der Waals surface area contributed by atoms with E-state index in [0.717, 1.165) is 40.8 Å². The number of fused-ring (bicyclic) bond motifs is 1. The molecule has 0 saturated heterocycles. The Hall–Kier alpha value is -2.39. The number of anilines is 2. The van der Waals surface area contributed by atoms with Crippen LogP contribution >= 0.6 is 27.5 Å². The van der Waals surface area contributed by atoms with Gasteiger partial charge in [0.1, 0.15) is 6.54 Å². The molecule has 0 radical (unpaired) electrons. The highest BCUT2D eigenvalue weighted by Gasteiger charge is 2.25. The number of nitrogens with zero attached hydrogens (tertiary/aromatic N) is 4. The first-order chi connectivity index (χ1) is 13.4. The molecule has 2 heterocycles. The molecule has 0 aliphatic rings. The minimum Gasteiger partial charge on any atom is -0.382 e. The molecule has 3 rings (SSSR count). The van der Waals surface area contributed by atoms with Gasteiger partial charge in [0.05, 0.1) is 13.1 Å². The maximum atomic E-state index is 12.6. The number of hydrogen-bond acceptors (Lipinski definition) is 5. The minimum atomic E-state index is -0.455. The van der Waals surface area contributed by atoms with Gasteiger partial charge in [0.2, 0.25) is 0 Å². The quantitative estimate of drug-likeness (QED) is 0.482. The summed E-state index contributed by atoms with van der Waals surface area (Å²) in [6.07, 6.45) is 0.969. The van der Waals surface area contributed by atoms with Crippen molar-refractivity contribution in [2.75, 3.05) is 11.5 Å². The summed E-state index contributed by atoms with van der Waals surface area (Å²) in [5.41, 5.74) is 13.5. The Bertz CT molecular complexity index is 1050. The van der Waals surface area contributed by atoms with Gasteiger partial charge in [0.15, 0.2) is 33.5 Å². The molecule has 0 atom stereocenters. The molecule has 0 aliphatic heterocycles. The number of aromatic nitrogens is 4. The van der Waals surface area contributed by atoms with E-state index in [9.17, 15) is 4.79 Å². The van der Waals surface area contributed by atoms with Crippen molar-refractivity contribution in [1.29, 1.82) is 0 Å². The number of halogens is 2. The van der Waals surface area contributed by atoms with E-state index in [2.05, 4.69) is 66.3 Å². The number of nitrogens with two attached hydrogens (primary N) is 2. The van der Waals surface area contributed by atoms with Gasteiger partial charge in [-0.05, 0) is 25.5 Å². The number of amides is 1. The smallest absolute Gasteiger partial charge is 0.277 e. The summed E-state index contributed by atoms with van der Waals surface area (Å²) in [5.74, 6) is 0.469. The Balaban J connectivity index is 1.97. The molecule has 0 spiro atoms. The third-order valence-electron chi connectivity index (χ3n) is 4.43. The van der Waals surface area contributed by atoms with Crippen molar-refractivity contribution in [3.63, 3.8) is 0 Å². The van der Waals surface area contributed by atoms with Crippen LogP contribution in [0.3, 0.4) is 0 Å². The largest absolute Gasteiger partial charge is 0.382 e. The number of nitrogens with one attached hydrogen (secondary N) is 1. The molecule has 0 saturated carbocycles. The zero-order chi connectivity index (χ0) is 20.4. The van der Waals surface area contributed by atoms with Crippen LogP contribution in [0.1, 0.15) is 36.6 Å². The highest BCUT2D eigenvalue weighted by molar-refractivity contribution is 9.10. The summed E-state index contributed by atoms with van der Waals surface area (Å²) in [4.78, 5) is 20.4. The van der Waals surface area contributed by atoms with Gasteiger partial charge in [-0.3, -0.25) is 4.79 Å². The molecule has 2 aromatic heterocycles. The molecule has 5 N–H and O–H groups in total. The maximum Gasteiger partial charge on any atom is 0.277 e. The first kappa shape index (κ1) is 20.3. The van der Waals surface area contributed by atoms with E-state index in [-0.39, 0.29) is 22.5 Å². The second-order valence-electron chi connectivity index (χ2n) is 6.26. The summed E-state index contributed by atoms with van der Waals surface area (Å²) < 4.78 is 5.41. The van der Waals surface area contributed by atoms with Gasteiger partial charge >= 0.3 is 0 Å². The second-order valence-corrected chi connectivity index (χ2v) is 7.54. The van der Waals surface area contributed by atoms with Crippen LogP contribution < -0.4 is 21.4 Å². The van der Waals surface area contributed by atoms with Gasteiger partial charge in [-0.25, -0.2) is 19.1 Å². The predicted octanol–water partition coefficient (Wildman–Crippen LogP) is 2.66. The standard InChI is InChI=1S/C18H21BrClN7O/c1-3-7-27-11-6-5-10(19)8-12(11)26(4-2)13(27)9-23-18(28)14-16(21)25-17(22)15(20)24-14/h5-6,8H,3-4,7,9H2,1-2H3,(H4-,21,22,23,25,28)/p+1. The summed E-state index contributed by atoms with van der Waals surface area (Å²) in [5, 5.41) is 2.83. The van der Waals surface area contributed by atoms with E-state index in [1.54, 1.807) is 0 Å². The third kappa shape index (κ3) is 3.77. The molecule has 3 aromatic rings. The molecule has 28 heavy (non-hydrogen) atoms. The van der Waals surface area contributed by atoms with Crippen LogP contribution in [0.2, 0.25) is 5.15 Å². The van der Waals surface area contributed by atoms with Gasteiger partial charge in [-0.15, -0.1) is 0 Å². The number of carbonyl (C=O) groups is 1. The first-order valence-electron chi connectivity index (χ1n) is 8.94. The summed E-state index contributed by atoms with van der Waals surface area (Å²) >= 11 is 9.42. The van der Waals surface area contributed by atoms with Gasteiger partial charge in [0, 0.05) is 10.5 Å². The molecule has 148 valence electrons. The van der Waals surface area contributed by atoms with Crippen LogP contribution in [-0.4, -0.2) is 20.4 Å². The molecule has 0 unspecified atom stereocenters. The van der Waals surface area contributed by atoms with Crippen LogP contribution in [0.25, 0.3) is 11.0 Å². The Morgan fingerprint density at radius 1 is 1.29 bits per heavy atom. The monoisotopic (exact) mass is 466 g/mol. The van der Waals surface area contributed by atoms with Crippen molar-refractivity contribution in [3.8, 4) is 0 Å². The lowest BCUT2D eigenvalue weighted by Crippen LogP contribution is -2.41. The molecule has 0 aliphatic carbocycles. The van der Waals surface area contributed by atoms with E-state index in [1.165, 1.54) is 0 Å². The lowest BCUT2D eigenvalue weighted by molar-refractivity contribution is -0.680. The normalized spacial score (nSPS) is 11.1. The van der Waals surface area contributed by atoms with Crippen LogP contribution in [-0.2, 0) is 19.6 Å². The number of aryl methyl sites for hydroxylation is 2. The number of nitrogen functional groups attached to an aromatic ring is 2. The van der Waals surface area contributed by atoms with E-state index >= 15 is 0 Å². The van der Waals surface area contributed by atoms with Crippen molar-refractivity contribution >= 4 is 56.1 Å². The van der Waals surface area contributed by atoms with Gasteiger partial charge < -0.3 is 16.8 Å². The number of carbonyl (C=O) groups excluding carboxylic acids is 1. The van der Waals surface area contributed by atoms with Gasteiger partial charge in [0.25, 0.3) is 11.7 Å². The first-order valence-corrected chi connectivity index (χ1v) is 10.1. The predicted molar refractivity (Wildman–Crippen MR) is 113 cm³/mol. The number of imidazole rings is 1. The zero-order valence-electron chi connectivity index (χ0n) is 15.7. The Labute approximate surface area is 176 Å². The van der Waals surface area contributed by atoms with Crippen molar-refractivity contribution in [3.05, 3.63) is 39.3 Å². The lowest BCUT2D eigenvalue weighted by atomic mass is 10.3. The summed E-state index contributed by atoms with van der Waals surface area (Å²) in [7, 11) is 0. The topological polar surface area (TPSA) is 116 Å². The average Bonchev–Trinajstić information content (AvgIpc) is 2.94. The summed E-state index contributed by atoms with van der Waals surface area (Å²) in [6.45, 7) is 6.11. The Morgan fingerprint density at radius 3 is 2.71 bits per heavy atom. The molecular formula is C18H22BrClN7O+. The van der Waals surface area contributed by atoms with Crippen molar-refractivity contribution in [2.24, 2.45) is 0 Å². The van der Waals surface area contributed by atoms with Gasteiger partial charge in [-0.1, -0.05) is 34.5 Å². The number of rotatable bonds is 6. The Morgan fingerprint density at radius 2 is 2.04 bits per heavy atom. The third-order valence-corrected chi connectivity index (χ3v) is 5.20. The Kier molecular flexibility index (Phi) is 6.04. The fourth-order valence-electron chi connectivity index (χ4n) is 3.23. The van der Waals surface area contributed by atoms with Crippen molar-refractivity contribution < 1.29 is 9.36 Å². The van der Waals surface area contributed by atoms with Crippen LogP contribution in [0, 0.1) is 0 Å². The SMILES string of the molecule is CCC[n+]1c(CNC(=O)c2nc(Cl)c(N)nc2N)n(CC)c2cc(Br)ccc21. The van der Waals surface area contributed by atoms with Crippen molar-refractivity contribution in [2.45, 2.75) is 39.9 Å². The van der Waals surface area contributed by atoms with Gasteiger partial charge in [-0.2, -0.15) is 0 Å². The summed E-state index contributed by atoms with van der Waals surface area (Å²) in [6, 6.07) is 6.18. The molecular weight excluding hydrogens is 446 g/mol. The molecule has 1 aromatic carbocycles. The zero-order valence-corrected chi connectivity index (χ0v) is 18.0. The fraction of sp³-hybridized carbons (Fsp3) is 0.333. The van der Waals surface area contributed by atoms with Crippen molar-refractivity contribution in [1.82, 2.24) is 19.9 Å². The van der Waals surface area contributed by atoms with Crippen LogP contribution in [0.15, 0.2) is 22.7 Å². The minimum absolute atomic E-state index is 0.00631. The highest BCUT2D eigenvalue weighted by atomic mass is 79.9.